The van der Waals surface area contributed by atoms with Crippen LogP contribution in [-0.2, 0) is 16.1 Å². The van der Waals surface area contributed by atoms with E-state index >= 15 is 0 Å². The fourth-order valence-corrected chi connectivity index (χ4v) is 3.62. The molecule has 0 spiro atoms. The SMILES string of the molecule is CC(NC(=O)CCN1CCN(CC(=O)NCc2ccccc2)CC1)c1ccccc1. The minimum atomic E-state index is 0.0185. The minimum absolute atomic E-state index is 0.0185. The maximum atomic E-state index is 12.3. The summed E-state index contributed by atoms with van der Waals surface area (Å²) in [6.07, 6.45) is 0.495. The lowest BCUT2D eigenvalue weighted by molar-refractivity contribution is -0.122. The number of nitrogens with zero attached hydrogens (tertiary/aromatic N) is 2. The molecule has 1 aliphatic heterocycles. The summed E-state index contributed by atoms with van der Waals surface area (Å²) in [7, 11) is 0. The zero-order valence-corrected chi connectivity index (χ0v) is 17.7. The number of hydrogen-bond donors (Lipinski definition) is 2. The largest absolute Gasteiger partial charge is 0.351 e. The van der Waals surface area contributed by atoms with Crippen molar-refractivity contribution in [2.24, 2.45) is 0 Å². The summed E-state index contributed by atoms with van der Waals surface area (Å²) in [5, 5.41) is 6.05. The molecule has 1 atom stereocenters. The van der Waals surface area contributed by atoms with Crippen LogP contribution in [0.25, 0.3) is 0 Å². The molecule has 1 unspecified atom stereocenters. The van der Waals surface area contributed by atoms with Crippen LogP contribution in [0.15, 0.2) is 60.7 Å². The van der Waals surface area contributed by atoms with Crippen molar-refractivity contribution >= 4 is 11.8 Å². The zero-order valence-electron chi connectivity index (χ0n) is 17.7. The van der Waals surface area contributed by atoms with E-state index in [1.165, 1.54) is 0 Å². The van der Waals surface area contributed by atoms with E-state index in [1.54, 1.807) is 0 Å². The highest BCUT2D eigenvalue weighted by Crippen LogP contribution is 2.11. The molecule has 0 aromatic heterocycles. The van der Waals surface area contributed by atoms with E-state index in [-0.39, 0.29) is 17.9 Å². The molecule has 2 amide bonds. The van der Waals surface area contributed by atoms with Gasteiger partial charge in [-0.05, 0) is 18.1 Å². The first-order chi connectivity index (χ1) is 14.6. The van der Waals surface area contributed by atoms with Gasteiger partial charge in [0.25, 0.3) is 0 Å². The van der Waals surface area contributed by atoms with Gasteiger partial charge in [0.15, 0.2) is 0 Å². The molecule has 0 bridgehead atoms. The van der Waals surface area contributed by atoms with E-state index in [0.717, 1.165) is 43.9 Å². The normalized spacial score (nSPS) is 16.0. The number of amides is 2. The maximum Gasteiger partial charge on any atom is 0.234 e. The topological polar surface area (TPSA) is 64.7 Å². The number of benzene rings is 2. The van der Waals surface area contributed by atoms with E-state index in [9.17, 15) is 9.59 Å². The molecule has 0 saturated carbocycles. The summed E-state index contributed by atoms with van der Waals surface area (Å²) in [6, 6.07) is 20.0. The summed E-state index contributed by atoms with van der Waals surface area (Å²) in [5.74, 6) is 0.135. The predicted octanol–water partition coefficient (Wildman–Crippen LogP) is 2.19. The number of carbonyl (C=O) groups excluding carboxylic acids is 2. The van der Waals surface area contributed by atoms with Crippen LogP contribution in [-0.4, -0.2) is 60.9 Å². The molecule has 30 heavy (non-hydrogen) atoms. The Bertz CT molecular complexity index is 789. The molecule has 2 aromatic carbocycles. The molecular weight excluding hydrogens is 376 g/mol. The number of rotatable bonds is 9. The van der Waals surface area contributed by atoms with Gasteiger partial charge in [-0.25, -0.2) is 0 Å². The number of hydrogen-bond acceptors (Lipinski definition) is 4. The summed E-state index contributed by atoms with van der Waals surface area (Å²) < 4.78 is 0. The van der Waals surface area contributed by atoms with Crippen LogP contribution in [0.1, 0.15) is 30.5 Å². The Balaban J connectivity index is 1.29. The molecule has 1 heterocycles. The van der Waals surface area contributed by atoms with Crippen molar-refractivity contribution in [1.29, 1.82) is 0 Å². The number of nitrogens with one attached hydrogen (secondary N) is 2. The number of carbonyl (C=O) groups is 2. The fourth-order valence-electron chi connectivity index (χ4n) is 3.62. The second kappa shape index (κ2) is 11.5. The quantitative estimate of drug-likeness (QED) is 0.668. The summed E-state index contributed by atoms with van der Waals surface area (Å²) in [6.45, 7) is 7.21. The van der Waals surface area contributed by atoms with Crippen LogP contribution in [0.5, 0.6) is 0 Å². The molecule has 3 rings (SSSR count). The van der Waals surface area contributed by atoms with Crippen LogP contribution in [0.3, 0.4) is 0 Å². The van der Waals surface area contributed by atoms with Gasteiger partial charge in [0.2, 0.25) is 11.8 Å². The third kappa shape index (κ3) is 7.28. The van der Waals surface area contributed by atoms with Crippen molar-refractivity contribution in [3.63, 3.8) is 0 Å². The molecule has 1 fully saturated rings. The van der Waals surface area contributed by atoms with Gasteiger partial charge >= 0.3 is 0 Å². The first-order valence-electron chi connectivity index (χ1n) is 10.7. The molecule has 160 valence electrons. The van der Waals surface area contributed by atoms with Gasteiger partial charge in [-0.2, -0.15) is 0 Å². The van der Waals surface area contributed by atoms with Gasteiger partial charge in [0.05, 0.1) is 12.6 Å². The van der Waals surface area contributed by atoms with Gasteiger partial charge < -0.3 is 15.5 Å². The smallest absolute Gasteiger partial charge is 0.234 e. The minimum Gasteiger partial charge on any atom is -0.351 e. The molecule has 1 aliphatic rings. The van der Waals surface area contributed by atoms with Crippen molar-refractivity contribution in [3.05, 3.63) is 71.8 Å². The Morgan fingerprint density at radius 3 is 2.13 bits per heavy atom. The summed E-state index contributed by atoms with van der Waals surface area (Å²) in [4.78, 5) is 28.9. The van der Waals surface area contributed by atoms with E-state index in [0.29, 0.717) is 19.5 Å². The van der Waals surface area contributed by atoms with Crippen LogP contribution in [0, 0.1) is 0 Å². The van der Waals surface area contributed by atoms with Gasteiger partial charge in [0, 0.05) is 45.7 Å². The lowest BCUT2D eigenvalue weighted by atomic mass is 10.1. The Labute approximate surface area is 179 Å². The molecule has 0 radical (unpaired) electrons. The lowest BCUT2D eigenvalue weighted by Crippen LogP contribution is -2.49. The van der Waals surface area contributed by atoms with E-state index in [4.69, 9.17) is 0 Å². The summed E-state index contributed by atoms with van der Waals surface area (Å²) in [5.41, 5.74) is 2.22. The van der Waals surface area contributed by atoms with Crippen molar-refractivity contribution in [3.8, 4) is 0 Å². The average Bonchev–Trinajstić information content (AvgIpc) is 2.78. The second-order valence-corrected chi connectivity index (χ2v) is 7.83. The Morgan fingerprint density at radius 2 is 1.47 bits per heavy atom. The Hall–Kier alpha value is -2.70. The molecule has 6 heteroatoms. The van der Waals surface area contributed by atoms with Crippen LogP contribution < -0.4 is 10.6 Å². The highest BCUT2D eigenvalue weighted by Gasteiger charge is 2.19. The third-order valence-electron chi connectivity index (χ3n) is 5.50. The van der Waals surface area contributed by atoms with Crippen molar-refractivity contribution < 1.29 is 9.59 Å². The first-order valence-corrected chi connectivity index (χ1v) is 10.7. The van der Waals surface area contributed by atoms with E-state index in [1.807, 2.05) is 67.6 Å². The Kier molecular flexibility index (Phi) is 8.41. The van der Waals surface area contributed by atoms with Gasteiger partial charge in [-0.3, -0.25) is 14.5 Å². The van der Waals surface area contributed by atoms with E-state index in [2.05, 4.69) is 20.4 Å². The monoisotopic (exact) mass is 408 g/mol. The number of piperazine rings is 1. The van der Waals surface area contributed by atoms with Crippen LogP contribution >= 0.6 is 0 Å². The first kappa shape index (κ1) is 22.0. The highest BCUT2D eigenvalue weighted by atomic mass is 16.2. The highest BCUT2D eigenvalue weighted by molar-refractivity contribution is 5.78. The molecule has 1 saturated heterocycles. The molecule has 2 aromatic rings. The van der Waals surface area contributed by atoms with Crippen molar-refractivity contribution in [2.45, 2.75) is 25.9 Å². The maximum absolute atomic E-state index is 12.3. The van der Waals surface area contributed by atoms with E-state index < -0.39 is 0 Å². The second-order valence-electron chi connectivity index (χ2n) is 7.83. The Morgan fingerprint density at radius 1 is 0.867 bits per heavy atom. The van der Waals surface area contributed by atoms with Crippen molar-refractivity contribution in [2.75, 3.05) is 39.3 Å². The summed E-state index contributed by atoms with van der Waals surface area (Å²) >= 11 is 0. The van der Waals surface area contributed by atoms with Crippen LogP contribution in [0.4, 0.5) is 0 Å². The average molecular weight is 409 g/mol. The zero-order chi connectivity index (χ0) is 21.2. The molecule has 0 aliphatic carbocycles. The van der Waals surface area contributed by atoms with Gasteiger partial charge in [-0.1, -0.05) is 60.7 Å². The standard InChI is InChI=1S/C24H32N4O2/c1-20(22-10-6-3-7-11-22)26-23(29)12-13-27-14-16-28(17-15-27)19-24(30)25-18-21-8-4-2-5-9-21/h2-11,20H,12-19H2,1H3,(H,25,30)(H,26,29). The molecular formula is C24H32N4O2. The van der Waals surface area contributed by atoms with Crippen LogP contribution in [0.2, 0.25) is 0 Å². The lowest BCUT2D eigenvalue weighted by Gasteiger charge is -2.34. The molecule has 2 N–H and O–H groups in total. The fraction of sp³-hybridized carbons (Fsp3) is 0.417. The van der Waals surface area contributed by atoms with Crippen molar-refractivity contribution in [1.82, 2.24) is 20.4 Å². The van der Waals surface area contributed by atoms with Gasteiger partial charge in [-0.15, -0.1) is 0 Å². The molecule has 6 nitrogen and oxygen atoms in total. The third-order valence-corrected chi connectivity index (χ3v) is 5.50. The predicted molar refractivity (Wildman–Crippen MR) is 119 cm³/mol. The van der Waals surface area contributed by atoms with Gasteiger partial charge in [0.1, 0.15) is 0 Å².